The van der Waals surface area contributed by atoms with Gasteiger partial charge >= 0.3 is 0 Å². The van der Waals surface area contributed by atoms with Crippen molar-refractivity contribution in [3.05, 3.63) is 104 Å². The second-order valence-corrected chi connectivity index (χ2v) is 11.3. The van der Waals surface area contributed by atoms with E-state index in [4.69, 9.17) is 46.6 Å². The van der Waals surface area contributed by atoms with E-state index in [0.717, 1.165) is 17.3 Å². The predicted octanol–water partition coefficient (Wildman–Crippen LogP) is 7.40. The van der Waals surface area contributed by atoms with Gasteiger partial charge in [-0.2, -0.15) is 5.10 Å². The van der Waals surface area contributed by atoms with Gasteiger partial charge in [-0.05, 0) is 83.6 Å². The molecule has 13 heteroatoms. The number of hydrogen-bond acceptors (Lipinski definition) is 10. The van der Waals surface area contributed by atoms with Crippen LogP contribution in [-0.2, 0) is 17.9 Å². The molecule has 0 spiro atoms. The molecule has 10 nitrogen and oxygen atoms in total. The van der Waals surface area contributed by atoms with Gasteiger partial charge in [0.2, 0.25) is 5.75 Å². The van der Waals surface area contributed by atoms with E-state index in [1.807, 2.05) is 0 Å². The minimum atomic E-state index is -0.291. The largest absolute Gasteiger partial charge is 0.502 e. The highest BCUT2D eigenvalue weighted by atomic mass is 35.5. The molecule has 1 aliphatic rings. The van der Waals surface area contributed by atoms with Crippen LogP contribution >= 0.6 is 35.0 Å². The quantitative estimate of drug-likeness (QED) is 0.0999. The summed E-state index contributed by atoms with van der Waals surface area (Å²) < 4.78 is 27.4. The Labute approximate surface area is 273 Å². The van der Waals surface area contributed by atoms with Crippen LogP contribution in [0.15, 0.2) is 86.5 Å². The summed E-state index contributed by atoms with van der Waals surface area (Å²) in [5.74, 6) is 1.59. The van der Waals surface area contributed by atoms with E-state index in [2.05, 4.69) is 10.2 Å². The lowest BCUT2D eigenvalue weighted by Gasteiger charge is -2.13. The van der Waals surface area contributed by atoms with Gasteiger partial charge in [-0.25, -0.2) is 0 Å². The Bertz CT molecular complexity index is 1770. The Morgan fingerprint density at radius 3 is 2.33 bits per heavy atom. The number of amides is 1. The highest BCUT2D eigenvalue weighted by molar-refractivity contribution is 8.18. The zero-order valence-electron chi connectivity index (χ0n) is 24.3. The molecule has 1 aliphatic heterocycles. The number of furan rings is 1. The first kappa shape index (κ1) is 31.8. The molecule has 1 aromatic heterocycles. The number of hydrogen-bond donors (Lipinski definition) is 1. The Balaban J connectivity index is 1.37. The fraction of sp³-hybridized carbons (Fsp3) is 0.156. The van der Waals surface area contributed by atoms with Crippen LogP contribution in [0.5, 0.6) is 28.7 Å². The van der Waals surface area contributed by atoms with Gasteiger partial charge in [0.1, 0.15) is 12.4 Å². The van der Waals surface area contributed by atoms with E-state index in [0.29, 0.717) is 48.5 Å². The van der Waals surface area contributed by atoms with Gasteiger partial charge in [0, 0.05) is 15.6 Å². The maximum absolute atomic E-state index is 13.5. The number of nitrogens with zero attached hydrogens (tertiary/aromatic N) is 3. The molecule has 0 unspecified atom stereocenters. The molecule has 0 radical (unpaired) electrons. The van der Waals surface area contributed by atoms with Gasteiger partial charge in [-0.15, -0.1) is 5.10 Å². The molecule has 1 saturated heterocycles. The molecule has 232 valence electrons. The van der Waals surface area contributed by atoms with Gasteiger partial charge in [0.25, 0.3) is 5.91 Å². The van der Waals surface area contributed by atoms with Crippen LogP contribution in [0.4, 0.5) is 0 Å². The summed E-state index contributed by atoms with van der Waals surface area (Å²) in [6, 6.07) is 17.3. The number of halogens is 2. The molecule has 4 aromatic rings. The van der Waals surface area contributed by atoms with E-state index >= 15 is 0 Å². The third-order valence-electron chi connectivity index (χ3n) is 6.52. The summed E-state index contributed by atoms with van der Waals surface area (Å²) in [4.78, 5) is 15.3. The molecule has 45 heavy (non-hydrogen) atoms. The van der Waals surface area contributed by atoms with Crippen LogP contribution < -0.4 is 18.9 Å². The first-order valence-corrected chi connectivity index (χ1v) is 14.9. The number of phenolic OH excluding ortho intramolecular Hbond substituents is 1. The standard InChI is InChI=1S/C32H27Cl2N3O7S/c1-40-26-11-19(6-9-25(26)44-18-21-7-8-22(33)15-24(21)34)16-35-36-32-37(17-23-5-4-10-43-23)31(39)29(45-32)14-20-12-27(41-2)30(38)28(13-20)42-3/h4-16,38H,17-18H2,1-3H3/b29-14-,35-16+,36-32-. The average molecular weight is 669 g/mol. The second kappa shape index (κ2) is 14.5. The number of amidine groups is 1. The van der Waals surface area contributed by atoms with Crippen LogP contribution in [0.25, 0.3) is 6.08 Å². The van der Waals surface area contributed by atoms with E-state index in [-0.39, 0.29) is 36.3 Å². The van der Waals surface area contributed by atoms with Crippen molar-refractivity contribution < 1.29 is 33.3 Å². The number of carbonyl (C=O) groups is 1. The zero-order chi connectivity index (χ0) is 31.9. The summed E-state index contributed by atoms with van der Waals surface area (Å²) in [5, 5.41) is 20.3. The molecular formula is C32H27Cl2N3O7S. The van der Waals surface area contributed by atoms with Crippen molar-refractivity contribution in [2.75, 3.05) is 21.3 Å². The molecule has 0 saturated carbocycles. The maximum atomic E-state index is 13.5. The van der Waals surface area contributed by atoms with Gasteiger partial charge < -0.3 is 28.5 Å². The monoisotopic (exact) mass is 667 g/mol. The maximum Gasteiger partial charge on any atom is 0.267 e. The SMILES string of the molecule is COc1cc(/C=N/N=C2\S/C(=C\c3cc(OC)c(O)c(OC)c3)C(=O)N2Cc2ccco2)ccc1OCc1ccc(Cl)cc1Cl. The van der Waals surface area contributed by atoms with Gasteiger partial charge in [-0.1, -0.05) is 29.3 Å². The Kier molecular flexibility index (Phi) is 10.2. The fourth-order valence-corrected chi connectivity index (χ4v) is 5.65. The van der Waals surface area contributed by atoms with Crippen LogP contribution in [0, 0.1) is 0 Å². The summed E-state index contributed by atoms with van der Waals surface area (Å²) in [6.07, 6.45) is 4.75. The highest BCUT2D eigenvalue weighted by Crippen LogP contribution is 2.40. The third kappa shape index (κ3) is 7.56. The normalized spacial score (nSPS) is 15.0. The van der Waals surface area contributed by atoms with Crippen molar-refractivity contribution in [2.45, 2.75) is 13.2 Å². The van der Waals surface area contributed by atoms with Gasteiger partial charge in [0.15, 0.2) is 28.2 Å². The minimum absolute atomic E-state index is 0.134. The number of rotatable bonds is 11. The van der Waals surface area contributed by atoms with Crippen LogP contribution in [0.2, 0.25) is 10.0 Å². The Hall–Kier alpha value is -4.58. The van der Waals surface area contributed by atoms with Crippen LogP contribution in [0.3, 0.4) is 0 Å². The number of ether oxygens (including phenoxy) is 4. The molecule has 0 atom stereocenters. The molecule has 1 N–H and O–H groups in total. The van der Waals surface area contributed by atoms with E-state index in [9.17, 15) is 9.90 Å². The van der Waals surface area contributed by atoms with E-state index in [1.54, 1.807) is 80.1 Å². The van der Waals surface area contributed by atoms with Gasteiger partial charge in [-0.3, -0.25) is 9.69 Å². The number of carbonyl (C=O) groups excluding carboxylic acids is 1. The molecule has 0 aliphatic carbocycles. The van der Waals surface area contributed by atoms with Gasteiger partial charge in [0.05, 0.1) is 45.3 Å². The Morgan fingerprint density at radius 2 is 1.67 bits per heavy atom. The van der Waals surface area contributed by atoms with Crippen molar-refractivity contribution in [1.82, 2.24) is 4.90 Å². The van der Waals surface area contributed by atoms with E-state index < -0.39 is 0 Å². The third-order valence-corrected chi connectivity index (χ3v) is 8.10. The summed E-state index contributed by atoms with van der Waals surface area (Å²) in [6.45, 7) is 0.383. The first-order valence-electron chi connectivity index (χ1n) is 13.3. The smallest absolute Gasteiger partial charge is 0.267 e. The van der Waals surface area contributed by atoms with Crippen molar-refractivity contribution in [3.63, 3.8) is 0 Å². The average Bonchev–Trinajstić information content (AvgIpc) is 3.66. The predicted molar refractivity (Wildman–Crippen MR) is 175 cm³/mol. The lowest BCUT2D eigenvalue weighted by Crippen LogP contribution is -2.28. The summed E-state index contributed by atoms with van der Waals surface area (Å²) in [7, 11) is 4.41. The van der Waals surface area contributed by atoms with Crippen molar-refractivity contribution in [3.8, 4) is 28.7 Å². The van der Waals surface area contributed by atoms with Crippen molar-refractivity contribution >= 4 is 58.3 Å². The highest BCUT2D eigenvalue weighted by Gasteiger charge is 2.34. The number of thioether (sulfide) groups is 1. The van der Waals surface area contributed by atoms with E-state index in [1.165, 1.54) is 25.4 Å². The fourth-order valence-electron chi connectivity index (χ4n) is 4.25. The molecule has 5 rings (SSSR count). The minimum Gasteiger partial charge on any atom is -0.502 e. The van der Waals surface area contributed by atoms with Crippen LogP contribution in [0.1, 0.15) is 22.5 Å². The molecule has 1 amide bonds. The van der Waals surface area contributed by atoms with Crippen LogP contribution in [-0.4, -0.2) is 48.6 Å². The summed E-state index contributed by atoms with van der Waals surface area (Å²) in [5.41, 5.74) is 2.07. The number of phenols is 1. The molecule has 2 heterocycles. The van der Waals surface area contributed by atoms with Crippen molar-refractivity contribution in [2.24, 2.45) is 10.2 Å². The van der Waals surface area contributed by atoms with Crippen molar-refractivity contribution in [1.29, 1.82) is 0 Å². The topological polar surface area (TPSA) is 115 Å². The number of benzene rings is 3. The molecular weight excluding hydrogens is 641 g/mol. The lowest BCUT2D eigenvalue weighted by molar-refractivity contribution is -0.122. The Morgan fingerprint density at radius 1 is 0.933 bits per heavy atom. The number of methoxy groups -OCH3 is 3. The molecule has 1 fully saturated rings. The molecule has 0 bridgehead atoms. The summed E-state index contributed by atoms with van der Waals surface area (Å²) >= 11 is 13.4. The number of aromatic hydroxyl groups is 1. The first-order chi connectivity index (χ1) is 21.8. The lowest BCUT2D eigenvalue weighted by atomic mass is 10.1. The second-order valence-electron chi connectivity index (χ2n) is 9.42. The zero-order valence-corrected chi connectivity index (χ0v) is 26.7. The molecule has 3 aromatic carbocycles.